The fourth-order valence-corrected chi connectivity index (χ4v) is 5.46. The summed E-state index contributed by atoms with van der Waals surface area (Å²) in [4.78, 5) is 29.6. The molecule has 0 aromatic heterocycles. The summed E-state index contributed by atoms with van der Waals surface area (Å²) in [7, 11) is 1.70. The van der Waals surface area contributed by atoms with E-state index in [4.69, 9.17) is 4.74 Å². The molecule has 3 fully saturated rings. The smallest absolute Gasteiger partial charge is 0.237 e. The highest BCUT2D eigenvalue weighted by Gasteiger charge is 2.42. The van der Waals surface area contributed by atoms with Crippen molar-refractivity contribution in [1.29, 1.82) is 0 Å². The Hall–Kier alpha value is -2.08. The topological polar surface area (TPSA) is 61.9 Å². The summed E-state index contributed by atoms with van der Waals surface area (Å²) in [6, 6.07) is 10.0. The average Bonchev–Trinajstić information content (AvgIpc) is 3.44. The van der Waals surface area contributed by atoms with Gasteiger partial charge in [0.25, 0.3) is 0 Å². The zero-order valence-electron chi connectivity index (χ0n) is 18.1. The van der Waals surface area contributed by atoms with Crippen LogP contribution >= 0.6 is 0 Å². The van der Waals surface area contributed by atoms with E-state index in [9.17, 15) is 9.59 Å². The van der Waals surface area contributed by atoms with Gasteiger partial charge in [0, 0.05) is 45.6 Å². The third-order valence-electron chi connectivity index (χ3n) is 7.12. The van der Waals surface area contributed by atoms with Crippen molar-refractivity contribution in [2.75, 3.05) is 26.7 Å². The molecule has 0 unspecified atom stereocenters. The Morgan fingerprint density at radius 1 is 1.07 bits per heavy atom. The van der Waals surface area contributed by atoms with Crippen LogP contribution < -0.4 is 10.1 Å². The number of benzene rings is 1. The molecule has 4 rings (SSSR count). The van der Waals surface area contributed by atoms with Crippen LogP contribution in [0.15, 0.2) is 30.3 Å². The van der Waals surface area contributed by atoms with Crippen LogP contribution in [0.2, 0.25) is 0 Å². The highest BCUT2D eigenvalue weighted by atomic mass is 16.5. The number of hydrogen-bond acceptors (Lipinski definition) is 4. The number of hydrogen-bond donors (Lipinski definition) is 1. The molecule has 6 nitrogen and oxygen atoms in total. The molecule has 2 aliphatic heterocycles. The van der Waals surface area contributed by atoms with Crippen LogP contribution in [0.3, 0.4) is 0 Å². The lowest BCUT2D eigenvalue weighted by Gasteiger charge is -2.39. The van der Waals surface area contributed by atoms with Gasteiger partial charge >= 0.3 is 0 Å². The zero-order valence-corrected chi connectivity index (χ0v) is 18.1. The molecule has 1 aromatic carbocycles. The standard InChI is InChI=1S/C24H35N3O3/c1-25-24(29)22-16-21(30-20-9-3-2-4-10-20)17-27(22)19-11-13-26(14-12-19)23(28)15-18-7-5-6-8-18/h2-4,9-10,18-19,21-22H,5-8,11-17H2,1H3,(H,25,29)/t21-,22-/m0/s1. The second-order valence-corrected chi connectivity index (χ2v) is 9.08. The van der Waals surface area contributed by atoms with Crippen LogP contribution in [0.25, 0.3) is 0 Å². The second kappa shape index (κ2) is 9.82. The lowest BCUT2D eigenvalue weighted by atomic mass is 9.99. The average molecular weight is 414 g/mol. The number of likely N-dealkylation sites (N-methyl/N-ethyl adjacent to an activating group) is 1. The Morgan fingerprint density at radius 2 is 1.77 bits per heavy atom. The lowest BCUT2D eigenvalue weighted by Crippen LogP contribution is -2.51. The number of nitrogens with zero attached hydrogens (tertiary/aromatic N) is 2. The van der Waals surface area contributed by atoms with Crippen molar-refractivity contribution < 1.29 is 14.3 Å². The summed E-state index contributed by atoms with van der Waals surface area (Å²) in [6.07, 6.45) is 8.29. The van der Waals surface area contributed by atoms with E-state index < -0.39 is 0 Å². The maximum Gasteiger partial charge on any atom is 0.237 e. The number of rotatable bonds is 6. The quantitative estimate of drug-likeness (QED) is 0.779. The number of carbonyl (C=O) groups is 2. The van der Waals surface area contributed by atoms with Crippen LogP contribution in [0.4, 0.5) is 0 Å². The van der Waals surface area contributed by atoms with E-state index in [1.165, 1.54) is 25.7 Å². The Morgan fingerprint density at radius 3 is 2.43 bits per heavy atom. The number of likely N-dealkylation sites (tertiary alicyclic amines) is 2. The van der Waals surface area contributed by atoms with Crippen molar-refractivity contribution in [3.63, 3.8) is 0 Å². The molecular weight excluding hydrogens is 378 g/mol. The monoisotopic (exact) mass is 413 g/mol. The number of para-hydroxylation sites is 1. The fraction of sp³-hybridized carbons (Fsp3) is 0.667. The number of amides is 2. The van der Waals surface area contributed by atoms with Gasteiger partial charge in [-0.05, 0) is 43.7 Å². The number of ether oxygens (including phenoxy) is 1. The molecule has 6 heteroatoms. The Balaban J connectivity index is 1.33. The summed E-state index contributed by atoms with van der Waals surface area (Å²) >= 11 is 0. The molecule has 3 aliphatic rings. The first-order valence-corrected chi connectivity index (χ1v) is 11.6. The molecule has 30 heavy (non-hydrogen) atoms. The first-order chi connectivity index (χ1) is 14.6. The van der Waals surface area contributed by atoms with Crippen molar-refractivity contribution in [3.05, 3.63) is 30.3 Å². The van der Waals surface area contributed by atoms with E-state index in [-0.39, 0.29) is 18.1 Å². The number of nitrogens with one attached hydrogen (secondary N) is 1. The van der Waals surface area contributed by atoms with Crippen LogP contribution in [-0.4, -0.2) is 66.5 Å². The SMILES string of the molecule is CNC(=O)[C@@H]1C[C@H](Oc2ccccc2)CN1C1CCN(C(=O)CC2CCCC2)CC1. The van der Waals surface area contributed by atoms with Gasteiger partial charge in [-0.3, -0.25) is 14.5 Å². The molecule has 164 valence electrons. The van der Waals surface area contributed by atoms with Crippen LogP contribution in [-0.2, 0) is 9.59 Å². The van der Waals surface area contributed by atoms with Gasteiger partial charge in [-0.15, -0.1) is 0 Å². The lowest BCUT2D eigenvalue weighted by molar-refractivity contribution is -0.134. The summed E-state index contributed by atoms with van der Waals surface area (Å²) in [5, 5.41) is 2.83. The molecule has 2 saturated heterocycles. The Labute approximate surface area is 179 Å². The van der Waals surface area contributed by atoms with E-state index in [0.717, 1.165) is 44.6 Å². The van der Waals surface area contributed by atoms with E-state index >= 15 is 0 Å². The molecule has 0 radical (unpaired) electrons. The normalized spacial score (nSPS) is 26.1. The molecule has 1 saturated carbocycles. The van der Waals surface area contributed by atoms with Gasteiger partial charge in [-0.25, -0.2) is 0 Å². The molecular formula is C24H35N3O3. The van der Waals surface area contributed by atoms with Gasteiger partial charge in [-0.2, -0.15) is 0 Å². The predicted octanol–water partition coefficient (Wildman–Crippen LogP) is 2.83. The minimum atomic E-state index is -0.158. The maximum atomic E-state index is 12.7. The predicted molar refractivity (Wildman–Crippen MR) is 116 cm³/mol. The van der Waals surface area contributed by atoms with Crippen molar-refractivity contribution in [2.45, 2.75) is 69.6 Å². The summed E-state index contributed by atoms with van der Waals surface area (Å²) in [6.45, 7) is 2.36. The fourth-order valence-electron chi connectivity index (χ4n) is 5.46. The highest BCUT2D eigenvalue weighted by molar-refractivity contribution is 5.82. The number of carbonyl (C=O) groups excluding carboxylic acids is 2. The van der Waals surface area contributed by atoms with E-state index in [2.05, 4.69) is 15.1 Å². The van der Waals surface area contributed by atoms with Crippen molar-refractivity contribution in [1.82, 2.24) is 15.1 Å². The third kappa shape index (κ3) is 4.97. The minimum Gasteiger partial charge on any atom is -0.489 e. The first kappa shape index (κ1) is 21.2. The third-order valence-corrected chi connectivity index (χ3v) is 7.12. The summed E-state index contributed by atoms with van der Waals surface area (Å²) < 4.78 is 6.17. The van der Waals surface area contributed by atoms with Gasteiger partial charge in [0.1, 0.15) is 11.9 Å². The maximum absolute atomic E-state index is 12.7. The van der Waals surface area contributed by atoms with Crippen LogP contribution in [0.5, 0.6) is 5.75 Å². The van der Waals surface area contributed by atoms with Crippen molar-refractivity contribution in [2.24, 2.45) is 5.92 Å². The molecule has 0 spiro atoms. The zero-order chi connectivity index (χ0) is 20.9. The Bertz CT molecular complexity index is 712. The Kier molecular flexibility index (Phi) is 6.93. The largest absolute Gasteiger partial charge is 0.489 e. The molecule has 1 N–H and O–H groups in total. The molecule has 0 bridgehead atoms. The van der Waals surface area contributed by atoms with Crippen LogP contribution in [0, 0.1) is 5.92 Å². The number of piperidine rings is 1. The minimum absolute atomic E-state index is 0.0109. The van der Waals surface area contributed by atoms with E-state index in [1.807, 2.05) is 30.3 Å². The molecule has 1 aromatic rings. The molecule has 2 atom stereocenters. The van der Waals surface area contributed by atoms with Gasteiger partial charge in [0.2, 0.25) is 11.8 Å². The molecule has 1 aliphatic carbocycles. The van der Waals surface area contributed by atoms with E-state index in [1.54, 1.807) is 7.05 Å². The molecule has 2 heterocycles. The first-order valence-electron chi connectivity index (χ1n) is 11.6. The summed E-state index contributed by atoms with van der Waals surface area (Å²) in [5.74, 6) is 1.85. The van der Waals surface area contributed by atoms with Crippen molar-refractivity contribution in [3.8, 4) is 5.75 Å². The molecule has 2 amide bonds. The van der Waals surface area contributed by atoms with E-state index in [0.29, 0.717) is 24.3 Å². The van der Waals surface area contributed by atoms with Crippen molar-refractivity contribution >= 4 is 11.8 Å². The van der Waals surface area contributed by atoms with Gasteiger partial charge in [-0.1, -0.05) is 31.0 Å². The van der Waals surface area contributed by atoms with Gasteiger partial charge in [0.15, 0.2) is 0 Å². The van der Waals surface area contributed by atoms with Gasteiger partial charge < -0.3 is 15.0 Å². The van der Waals surface area contributed by atoms with Gasteiger partial charge in [0.05, 0.1) is 6.04 Å². The highest BCUT2D eigenvalue weighted by Crippen LogP contribution is 2.31. The second-order valence-electron chi connectivity index (χ2n) is 9.08. The summed E-state index contributed by atoms with van der Waals surface area (Å²) in [5.41, 5.74) is 0. The van der Waals surface area contributed by atoms with Crippen LogP contribution in [0.1, 0.15) is 51.4 Å².